The molecule has 2 aliphatic heterocycles. The van der Waals surface area contributed by atoms with Gasteiger partial charge in [-0.25, -0.2) is 21.1 Å². The summed E-state index contributed by atoms with van der Waals surface area (Å²) in [5.74, 6) is -0.667. The van der Waals surface area contributed by atoms with Crippen LogP contribution in [0.25, 0.3) is 0 Å². The van der Waals surface area contributed by atoms with Gasteiger partial charge in [-0.3, -0.25) is 4.79 Å². The van der Waals surface area contributed by atoms with E-state index in [4.69, 9.17) is 0 Å². The number of nitrogens with one attached hydrogen (secondary N) is 1. The summed E-state index contributed by atoms with van der Waals surface area (Å²) in [5.41, 5.74) is 0.497. The first-order valence-electron chi connectivity index (χ1n) is 9.04. The standard InChI is InChI=1S/C17H25N3O5S2/c1-26(22,23)20-12-4-5-14(13-20)17(21)18-15-6-8-16(9-7-15)27(24,25)19-10-2-3-11-19/h6-9,14H,2-5,10-13H2,1H3,(H,18,21)/t14-/m0/s1. The molecule has 0 radical (unpaired) electrons. The molecule has 1 aromatic carbocycles. The predicted octanol–water partition coefficient (Wildman–Crippen LogP) is 1.08. The van der Waals surface area contributed by atoms with E-state index in [1.807, 2.05) is 0 Å². The number of carbonyl (C=O) groups is 1. The Labute approximate surface area is 160 Å². The summed E-state index contributed by atoms with van der Waals surface area (Å²) in [5, 5.41) is 2.76. The summed E-state index contributed by atoms with van der Waals surface area (Å²) in [6, 6.07) is 6.12. The van der Waals surface area contributed by atoms with Gasteiger partial charge in [-0.15, -0.1) is 0 Å². The third-order valence-corrected chi connectivity index (χ3v) is 8.23. The summed E-state index contributed by atoms with van der Waals surface area (Å²) in [6.45, 7) is 1.69. The third-order valence-electron chi connectivity index (χ3n) is 5.05. The number of piperidine rings is 1. The number of benzene rings is 1. The van der Waals surface area contributed by atoms with Gasteiger partial charge >= 0.3 is 0 Å². The molecule has 2 aliphatic rings. The average Bonchev–Trinajstić information content (AvgIpc) is 3.17. The number of hydrogen-bond acceptors (Lipinski definition) is 5. The summed E-state index contributed by atoms with van der Waals surface area (Å²) in [4.78, 5) is 12.7. The highest BCUT2D eigenvalue weighted by Gasteiger charge is 2.30. The number of rotatable bonds is 5. The molecule has 1 atom stereocenters. The highest BCUT2D eigenvalue weighted by Crippen LogP contribution is 2.24. The van der Waals surface area contributed by atoms with Gasteiger partial charge in [-0.05, 0) is 49.9 Å². The molecule has 2 saturated heterocycles. The molecule has 8 nitrogen and oxygen atoms in total. The van der Waals surface area contributed by atoms with Crippen molar-refractivity contribution in [1.82, 2.24) is 8.61 Å². The van der Waals surface area contributed by atoms with E-state index < -0.39 is 26.0 Å². The van der Waals surface area contributed by atoms with Crippen LogP contribution in [0.5, 0.6) is 0 Å². The normalized spacial score (nSPS) is 22.6. The van der Waals surface area contributed by atoms with Crippen molar-refractivity contribution in [2.75, 3.05) is 37.8 Å². The second kappa shape index (κ2) is 7.86. The maximum atomic E-state index is 12.5. The second-order valence-electron chi connectivity index (χ2n) is 7.08. The first-order chi connectivity index (χ1) is 12.7. The van der Waals surface area contributed by atoms with E-state index in [2.05, 4.69) is 5.32 Å². The molecule has 27 heavy (non-hydrogen) atoms. The van der Waals surface area contributed by atoms with Gasteiger partial charge < -0.3 is 5.32 Å². The number of carbonyl (C=O) groups excluding carboxylic acids is 1. The summed E-state index contributed by atoms with van der Waals surface area (Å²) >= 11 is 0. The van der Waals surface area contributed by atoms with Gasteiger partial charge in [-0.1, -0.05) is 0 Å². The van der Waals surface area contributed by atoms with E-state index in [1.165, 1.54) is 20.7 Å². The van der Waals surface area contributed by atoms with E-state index in [-0.39, 0.29) is 17.3 Å². The summed E-state index contributed by atoms with van der Waals surface area (Å²) < 4.78 is 51.2. The smallest absolute Gasteiger partial charge is 0.243 e. The first-order valence-corrected chi connectivity index (χ1v) is 12.3. The minimum atomic E-state index is -3.48. The van der Waals surface area contributed by atoms with Crippen molar-refractivity contribution in [3.63, 3.8) is 0 Å². The van der Waals surface area contributed by atoms with Gasteiger partial charge in [-0.2, -0.15) is 4.31 Å². The molecule has 1 aromatic rings. The highest BCUT2D eigenvalue weighted by atomic mass is 32.2. The van der Waals surface area contributed by atoms with E-state index in [1.54, 1.807) is 12.1 Å². The van der Waals surface area contributed by atoms with E-state index in [0.717, 1.165) is 19.1 Å². The molecule has 0 aromatic heterocycles. The fraction of sp³-hybridized carbons (Fsp3) is 0.588. The fourth-order valence-corrected chi connectivity index (χ4v) is 5.92. The molecule has 0 unspecified atom stereocenters. The first kappa shape index (κ1) is 20.2. The SMILES string of the molecule is CS(=O)(=O)N1CCC[C@H](C(=O)Nc2ccc(S(=O)(=O)N3CCCC3)cc2)C1. The van der Waals surface area contributed by atoms with Crippen LogP contribution in [-0.4, -0.2) is 63.8 Å². The molecule has 150 valence electrons. The Morgan fingerprint density at radius 1 is 0.963 bits per heavy atom. The van der Waals surface area contributed by atoms with Crippen LogP contribution in [0.15, 0.2) is 29.2 Å². The van der Waals surface area contributed by atoms with Crippen LogP contribution >= 0.6 is 0 Å². The molecular weight excluding hydrogens is 390 g/mol. The largest absolute Gasteiger partial charge is 0.326 e. The molecule has 2 fully saturated rings. The lowest BCUT2D eigenvalue weighted by molar-refractivity contribution is -0.120. The third kappa shape index (κ3) is 4.68. The number of hydrogen-bond donors (Lipinski definition) is 1. The average molecular weight is 416 g/mol. The molecule has 0 bridgehead atoms. The topological polar surface area (TPSA) is 104 Å². The van der Waals surface area contributed by atoms with Gasteiger partial charge in [0.2, 0.25) is 26.0 Å². The molecule has 1 amide bonds. The van der Waals surface area contributed by atoms with Gasteiger partial charge in [0.05, 0.1) is 17.1 Å². The quantitative estimate of drug-likeness (QED) is 0.775. The fourth-order valence-electron chi connectivity index (χ4n) is 3.49. The zero-order valence-electron chi connectivity index (χ0n) is 15.3. The Morgan fingerprint density at radius 3 is 2.15 bits per heavy atom. The molecule has 2 heterocycles. The van der Waals surface area contributed by atoms with Crippen molar-refractivity contribution in [3.05, 3.63) is 24.3 Å². The summed E-state index contributed by atoms with van der Waals surface area (Å²) in [7, 11) is -6.79. The van der Waals surface area contributed by atoms with Crippen molar-refractivity contribution in [2.45, 2.75) is 30.6 Å². The van der Waals surface area contributed by atoms with Gasteiger partial charge in [0.25, 0.3) is 0 Å². The second-order valence-corrected chi connectivity index (χ2v) is 11.0. The van der Waals surface area contributed by atoms with Crippen LogP contribution in [0.2, 0.25) is 0 Å². The van der Waals surface area contributed by atoms with E-state index >= 15 is 0 Å². The Bertz CT molecular complexity index is 891. The zero-order valence-corrected chi connectivity index (χ0v) is 16.9. The maximum Gasteiger partial charge on any atom is 0.243 e. The molecule has 0 spiro atoms. The minimum absolute atomic E-state index is 0.173. The maximum absolute atomic E-state index is 12.5. The van der Waals surface area contributed by atoms with E-state index in [0.29, 0.717) is 38.2 Å². The van der Waals surface area contributed by atoms with E-state index in [9.17, 15) is 21.6 Å². The van der Waals surface area contributed by atoms with Gasteiger partial charge in [0.1, 0.15) is 0 Å². The molecule has 3 rings (SSSR count). The minimum Gasteiger partial charge on any atom is -0.326 e. The van der Waals surface area contributed by atoms with Crippen LogP contribution in [-0.2, 0) is 24.8 Å². The highest BCUT2D eigenvalue weighted by molar-refractivity contribution is 7.89. The van der Waals surface area contributed by atoms with Gasteiger partial charge in [0.15, 0.2) is 0 Å². The van der Waals surface area contributed by atoms with Crippen molar-refractivity contribution in [1.29, 1.82) is 0 Å². The van der Waals surface area contributed by atoms with Crippen LogP contribution in [0, 0.1) is 5.92 Å². The lowest BCUT2D eigenvalue weighted by atomic mass is 9.99. The molecule has 10 heteroatoms. The summed E-state index contributed by atoms with van der Waals surface area (Å²) in [6.07, 6.45) is 4.16. The lowest BCUT2D eigenvalue weighted by Gasteiger charge is -2.30. The Morgan fingerprint density at radius 2 is 1.56 bits per heavy atom. The monoisotopic (exact) mass is 415 g/mol. The Hall–Kier alpha value is -1.49. The van der Waals surface area contributed by atoms with Crippen molar-refractivity contribution >= 4 is 31.6 Å². The number of amides is 1. The molecular formula is C17H25N3O5S2. The van der Waals surface area contributed by atoms with Crippen LogP contribution in [0.1, 0.15) is 25.7 Å². The van der Waals surface area contributed by atoms with Crippen LogP contribution < -0.4 is 5.32 Å². The predicted molar refractivity (Wildman–Crippen MR) is 102 cm³/mol. The Balaban J connectivity index is 1.65. The van der Waals surface area contributed by atoms with Crippen LogP contribution in [0.3, 0.4) is 0 Å². The number of sulfonamides is 2. The number of nitrogens with zero attached hydrogens (tertiary/aromatic N) is 2. The zero-order chi connectivity index (χ0) is 19.7. The molecule has 1 N–H and O–H groups in total. The van der Waals surface area contributed by atoms with Crippen molar-refractivity contribution in [2.24, 2.45) is 5.92 Å². The number of anilines is 1. The van der Waals surface area contributed by atoms with Crippen molar-refractivity contribution in [3.8, 4) is 0 Å². The Kier molecular flexibility index (Phi) is 5.90. The van der Waals surface area contributed by atoms with Crippen molar-refractivity contribution < 1.29 is 21.6 Å². The van der Waals surface area contributed by atoms with Gasteiger partial charge in [0, 0.05) is 31.9 Å². The molecule has 0 saturated carbocycles. The van der Waals surface area contributed by atoms with Crippen LogP contribution in [0.4, 0.5) is 5.69 Å². The lowest BCUT2D eigenvalue weighted by Crippen LogP contribution is -2.43. The molecule has 0 aliphatic carbocycles.